The molecule has 0 aliphatic heterocycles. The average molecular weight is 400 g/mol. The Morgan fingerprint density at radius 2 is 1.86 bits per heavy atom. The van der Waals surface area contributed by atoms with E-state index >= 15 is 0 Å². The van der Waals surface area contributed by atoms with Crippen LogP contribution >= 0.6 is 0 Å². The van der Waals surface area contributed by atoms with Crippen molar-refractivity contribution < 1.29 is 4.55 Å². The summed E-state index contributed by atoms with van der Waals surface area (Å²) in [4.78, 5) is 25.9. The monoisotopic (exact) mass is 399 g/mol. The molecule has 0 aliphatic carbocycles. The van der Waals surface area contributed by atoms with Crippen molar-refractivity contribution in [2.75, 3.05) is 0 Å². The SMILES string of the molecule is Cc1cc(C(C)N[S+]([O-])C(C)(C)C)c2nc(-c3cncnc3)n(C)c(=O)c2c1. The molecule has 3 rings (SSSR count). The van der Waals surface area contributed by atoms with Crippen LogP contribution in [0.1, 0.15) is 44.9 Å². The standard InChI is InChI=1S/C20H25N5O2S/c1-12-7-15(13(2)24-28(27)20(3,4)5)17-16(8-12)19(26)25(6)18(23-17)14-9-21-11-22-10-14/h7-11,13,24H,1-6H3. The predicted molar refractivity (Wildman–Crippen MR) is 112 cm³/mol. The topological polar surface area (TPSA) is 95.8 Å². The van der Waals surface area contributed by atoms with Gasteiger partial charge in [0.15, 0.2) is 0 Å². The van der Waals surface area contributed by atoms with E-state index in [9.17, 15) is 9.35 Å². The van der Waals surface area contributed by atoms with Gasteiger partial charge in [0, 0.05) is 36.4 Å². The molecule has 2 atom stereocenters. The molecule has 2 aromatic heterocycles. The van der Waals surface area contributed by atoms with E-state index in [2.05, 4.69) is 14.7 Å². The van der Waals surface area contributed by atoms with Gasteiger partial charge in [0.2, 0.25) is 0 Å². The molecule has 0 amide bonds. The molecule has 1 N–H and O–H groups in total. The molecule has 3 aromatic rings. The Morgan fingerprint density at radius 3 is 2.46 bits per heavy atom. The van der Waals surface area contributed by atoms with Crippen LogP contribution in [-0.4, -0.2) is 28.8 Å². The van der Waals surface area contributed by atoms with Gasteiger partial charge in [-0.3, -0.25) is 9.36 Å². The molecule has 2 heterocycles. The highest BCUT2D eigenvalue weighted by molar-refractivity contribution is 7.90. The summed E-state index contributed by atoms with van der Waals surface area (Å²) in [5, 5.41) is 0.535. The summed E-state index contributed by atoms with van der Waals surface area (Å²) in [6.45, 7) is 9.62. The lowest BCUT2D eigenvalue weighted by molar-refractivity contribution is 0.531. The second-order valence-electron chi connectivity index (χ2n) is 7.90. The van der Waals surface area contributed by atoms with Crippen molar-refractivity contribution in [1.29, 1.82) is 0 Å². The van der Waals surface area contributed by atoms with E-state index in [1.165, 1.54) is 10.9 Å². The second-order valence-corrected chi connectivity index (χ2v) is 9.90. The largest absolute Gasteiger partial charge is 0.598 e. The number of benzene rings is 1. The minimum Gasteiger partial charge on any atom is -0.598 e. The predicted octanol–water partition coefficient (Wildman–Crippen LogP) is 2.81. The molecule has 8 heteroatoms. The van der Waals surface area contributed by atoms with Gasteiger partial charge in [0.05, 0.1) is 22.5 Å². The average Bonchev–Trinajstić information content (AvgIpc) is 2.64. The smallest absolute Gasteiger partial charge is 0.261 e. The summed E-state index contributed by atoms with van der Waals surface area (Å²) in [5.41, 5.74) is 2.90. The number of fused-ring (bicyclic) bond motifs is 1. The van der Waals surface area contributed by atoms with Gasteiger partial charge >= 0.3 is 0 Å². The Bertz CT molecular complexity index is 1060. The number of rotatable bonds is 4. The highest BCUT2D eigenvalue weighted by Gasteiger charge is 2.29. The summed E-state index contributed by atoms with van der Waals surface area (Å²) in [6, 6.07) is 3.58. The van der Waals surface area contributed by atoms with Crippen molar-refractivity contribution >= 4 is 22.3 Å². The minimum absolute atomic E-state index is 0.141. The van der Waals surface area contributed by atoms with Crippen molar-refractivity contribution in [3.05, 3.63) is 52.3 Å². The zero-order valence-corrected chi connectivity index (χ0v) is 17.8. The fraction of sp³-hybridized carbons (Fsp3) is 0.400. The maximum Gasteiger partial charge on any atom is 0.261 e. The van der Waals surface area contributed by atoms with E-state index in [4.69, 9.17) is 4.98 Å². The molecule has 148 valence electrons. The molecule has 0 saturated heterocycles. The van der Waals surface area contributed by atoms with Crippen molar-refractivity contribution in [3.8, 4) is 11.4 Å². The summed E-state index contributed by atoms with van der Waals surface area (Å²) in [7, 11) is 1.69. The first-order valence-electron chi connectivity index (χ1n) is 9.04. The van der Waals surface area contributed by atoms with Gasteiger partial charge in [-0.25, -0.2) is 15.0 Å². The number of nitrogens with one attached hydrogen (secondary N) is 1. The first kappa shape index (κ1) is 20.4. The lowest BCUT2D eigenvalue weighted by Gasteiger charge is -2.27. The Kier molecular flexibility index (Phi) is 5.56. The van der Waals surface area contributed by atoms with Crippen LogP contribution in [0, 0.1) is 6.92 Å². The maximum atomic E-state index is 13.0. The number of hydrogen-bond acceptors (Lipinski definition) is 6. The van der Waals surface area contributed by atoms with Crippen LogP contribution in [0.3, 0.4) is 0 Å². The van der Waals surface area contributed by atoms with Crippen LogP contribution in [0.25, 0.3) is 22.3 Å². The summed E-state index contributed by atoms with van der Waals surface area (Å²) < 4.78 is 16.8. The lowest BCUT2D eigenvalue weighted by atomic mass is 10.0. The maximum absolute atomic E-state index is 13.0. The van der Waals surface area contributed by atoms with E-state index < -0.39 is 16.1 Å². The summed E-state index contributed by atoms with van der Waals surface area (Å²) in [6.07, 6.45) is 4.70. The highest BCUT2D eigenvalue weighted by Crippen LogP contribution is 2.27. The Hall–Kier alpha value is -2.29. The number of hydrogen-bond donors (Lipinski definition) is 1. The first-order valence-corrected chi connectivity index (χ1v) is 10.2. The molecule has 2 unspecified atom stereocenters. The fourth-order valence-corrected chi connectivity index (χ4v) is 3.76. The van der Waals surface area contributed by atoms with Crippen molar-refractivity contribution in [1.82, 2.24) is 24.2 Å². The van der Waals surface area contributed by atoms with Gasteiger partial charge in [-0.1, -0.05) is 6.07 Å². The summed E-state index contributed by atoms with van der Waals surface area (Å²) in [5.74, 6) is 0.493. The van der Waals surface area contributed by atoms with Gasteiger partial charge in [-0.05, 0) is 46.2 Å². The molecule has 0 saturated carbocycles. The van der Waals surface area contributed by atoms with Crippen LogP contribution in [0.2, 0.25) is 0 Å². The first-order chi connectivity index (χ1) is 13.1. The molecule has 0 spiro atoms. The van der Waals surface area contributed by atoms with Crippen molar-refractivity contribution in [2.24, 2.45) is 7.05 Å². The van der Waals surface area contributed by atoms with Gasteiger partial charge in [0.25, 0.3) is 5.56 Å². The molecule has 0 bridgehead atoms. The third-order valence-corrected chi connectivity index (χ3v) is 6.16. The fourth-order valence-electron chi connectivity index (χ4n) is 2.96. The van der Waals surface area contributed by atoms with E-state index in [0.29, 0.717) is 22.3 Å². The second kappa shape index (κ2) is 7.62. The quantitative estimate of drug-likeness (QED) is 0.678. The Labute approximate surface area is 167 Å². The van der Waals surface area contributed by atoms with Crippen molar-refractivity contribution in [3.63, 3.8) is 0 Å². The molecule has 7 nitrogen and oxygen atoms in total. The lowest BCUT2D eigenvalue weighted by Crippen LogP contribution is -2.40. The molecule has 28 heavy (non-hydrogen) atoms. The van der Waals surface area contributed by atoms with Crippen LogP contribution in [0.4, 0.5) is 0 Å². The van der Waals surface area contributed by atoms with Crippen LogP contribution in [-0.2, 0) is 18.4 Å². The minimum atomic E-state index is -1.25. The van der Waals surface area contributed by atoms with Crippen LogP contribution in [0.15, 0.2) is 35.6 Å². The van der Waals surface area contributed by atoms with E-state index in [0.717, 1.165) is 11.1 Å². The zero-order chi connectivity index (χ0) is 20.6. The molecule has 0 fully saturated rings. The molecular formula is C20H25N5O2S. The Balaban J connectivity index is 2.21. The van der Waals surface area contributed by atoms with Gasteiger partial charge in [0.1, 0.15) is 16.9 Å². The number of aromatic nitrogens is 4. The Morgan fingerprint density at radius 1 is 1.21 bits per heavy atom. The normalized spacial score (nSPS) is 14.2. The van der Waals surface area contributed by atoms with E-state index in [1.807, 2.05) is 46.8 Å². The zero-order valence-electron chi connectivity index (χ0n) is 17.0. The molecule has 0 aliphatic rings. The van der Waals surface area contributed by atoms with Gasteiger partial charge < -0.3 is 4.55 Å². The molecule has 0 radical (unpaired) electrons. The third kappa shape index (κ3) is 3.94. The summed E-state index contributed by atoms with van der Waals surface area (Å²) >= 11 is -1.25. The third-order valence-electron chi connectivity index (χ3n) is 4.48. The van der Waals surface area contributed by atoms with Crippen LogP contribution < -0.4 is 10.3 Å². The van der Waals surface area contributed by atoms with Gasteiger partial charge in [-0.2, -0.15) is 0 Å². The van der Waals surface area contributed by atoms with Crippen LogP contribution in [0.5, 0.6) is 0 Å². The number of nitrogens with zero attached hydrogens (tertiary/aromatic N) is 4. The van der Waals surface area contributed by atoms with Crippen molar-refractivity contribution in [2.45, 2.75) is 45.4 Å². The highest BCUT2D eigenvalue weighted by atomic mass is 32.2. The number of aryl methyl sites for hydroxylation is 1. The molecule has 1 aromatic carbocycles. The van der Waals surface area contributed by atoms with E-state index in [-0.39, 0.29) is 11.6 Å². The van der Waals surface area contributed by atoms with E-state index in [1.54, 1.807) is 19.4 Å². The molecular weight excluding hydrogens is 374 g/mol. The van der Waals surface area contributed by atoms with Gasteiger partial charge in [-0.15, -0.1) is 4.72 Å².